The van der Waals surface area contributed by atoms with Crippen molar-refractivity contribution in [2.45, 2.75) is 0 Å². The van der Waals surface area contributed by atoms with Gasteiger partial charge in [-0.15, -0.1) is 0 Å². The van der Waals surface area contributed by atoms with Crippen molar-refractivity contribution >= 4 is 11.5 Å². The molecule has 2 rings (SSSR count). The molecule has 0 aliphatic carbocycles. The lowest BCUT2D eigenvalue weighted by Crippen LogP contribution is -2.48. The highest BCUT2D eigenvalue weighted by Crippen LogP contribution is 2.19. The van der Waals surface area contributed by atoms with Gasteiger partial charge in [0.25, 0.3) is 0 Å². The summed E-state index contributed by atoms with van der Waals surface area (Å²) in [6, 6.07) is 0. The Balaban J connectivity index is 1.85. The second kappa shape index (κ2) is 5.97. The van der Waals surface area contributed by atoms with Gasteiger partial charge in [0.1, 0.15) is 6.33 Å². The first-order valence-corrected chi connectivity index (χ1v) is 6.34. The van der Waals surface area contributed by atoms with Gasteiger partial charge in [0, 0.05) is 39.3 Å². The fraction of sp³-hybridized carbons (Fsp3) is 0.667. The molecule has 6 heteroatoms. The summed E-state index contributed by atoms with van der Waals surface area (Å²) in [6.45, 7) is 6.33. The normalized spacial score (nSPS) is 17.4. The number of anilines is 2. The van der Waals surface area contributed by atoms with Crippen LogP contribution in [0.2, 0.25) is 0 Å². The van der Waals surface area contributed by atoms with E-state index in [1.807, 2.05) is 0 Å². The summed E-state index contributed by atoms with van der Waals surface area (Å²) in [4.78, 5) is 15.1. The van der Waals surface area contributed by atoms with Crippen LogP contribution in [0, 0.1) is 0 Å². The number of nitrogens with two attached hydrogens (primary N) is 1. The van der Waals surface area contributed by atoms with Crippen LogP contribution in [0.1, 0.15) is 0 Å². The summed E-state index contributed by atoms with van der Waals surface area (Å²) < 4.78 is 0. The lowest BCUT2D eigenvalue weighted by molar-refractivity contribution is 0.229. The van der Waals surface area contributed by atoms with Crippen molar-refractivity contribution < 1.29 is 0 Å². The number of nitrogens with zero attached hydrogens (tertiary/aromatic N) is 5. The Bertz CT molecular complexity index is 373. The molecule has 1 saturated heterocycles. The quantitative estimate of drug-likeness (QED) is 0.794. The molecule has 2 heterocycles. The van der Waals surface area contributed by atoms with E-state index in [1.165, 1.54) is 0 Å². The molecule has 6 nitrogen and oxygen atoms in total. The van der Waals surface area contributed by atoms with Crippen LogP contribution in [0.15, 0.2) is 12.5 Å². The molecule has 0 atom stereocenters. The molecule has 0 aromatic carbocycles. The lowest BCUT2D eigenvalue weighted by Gasteiger charge is -2.36. The van der Waals surface area contributed by atoms with E-state index in [0.717, 1.165) is 45.1 Å². The average Bonchev–Trinajstić information content (AvgIpc) is 2.38. The first kappa shape index (κ1) is 13.0. The van der Waals surface area contributed by atoms with Gasteiger partial charge in [-0.2, -0.15) is 0 Å². The molecule has 1 fully saturated rings. The molecule has 18 heavy (non-hydrogen) atoms. The van der Waals surface area contributed by atoms with Crippen molar-refractivity contribution in [1.29, 1.82) is 0 Å². The van der Waals surface area contributed by atoms with E-state index in [0.29, 0.717) is 5.69 Å². The van der Waals surface area contributed by atoms with Crippen LogP contribution in [0.4, 0.5) is 11.5 Å². The van der Waals surface area contributed by atoms with Gasteiger partial charge in [-0.25, -0.2) is 9.97 Å². The predicted octanol–water partition coefficient (Wildman–Crippen LogP) is -0.258. The largest absolute Gasteiger partial charge is 0.394 e. The average molecular weight is 250 g/mol. The van der Waals surface area contributed by atoms with E-state index in [4.69, 9.17) is 5.73 Å². The number of nitrogen functional groups attached to an aromatic ring is 1. The SMILES string of the molecule is CN(C)CCN1CCN(c2ncncc2N)CC1. The van der Waals surface area contributed by atoms with Gasteiger partial charge in [-0.3, -0.25) is 4.90 Å². The van der Waals surface area contributed by atoms with Crippen LogP contribution < -0.4 is 10.6 Å². The van der Waals surface area contributed by atoms with Crippen molar-refractivity contribution in [2.24, 2.45) is 0 Å². The maximum atomic E-state index is 5.90. The topological polar surface area (TPSA) is 61.5 Å². The lowest BCUT2D eigenvalue weighted by atomic mass is 10.3. The second-order valence-corrected chi connectivity index (χ2v) is 4.93. The van der Waals surface area contributed by atoms with Crippen LogP contribution in [-0.4, -0.2) is 73.1 Å². The fourth-order valence-electron chi connectivity index (χ4n) is 2.12. The van der Waals surface area contributed by atoms with Crippen molar-refractivity contribution in [3.8, 4) is 0 Å². The first-order chi connectivity index (χ1) is 8.66. The van der Waals surface area contributed by atoms with Gasteiger partial charge >= 0.3 is 0 Å². The molecule has 1 aromatic heterocycles. The van der Waals surface area contributed by atoms with Crippen molar-refractivity contribution in [2.75, 3.05) is 64.0 Å². The molecule has 0 radical (unpaired) electrons. The Kier molecular flexibility index (Phi) is 4.33. The van der Waals surface area contributed by atoms with E-state index in [-0.39, 0.29) is 0 Å². The van der Waals surface area contributed by atoms with Gasteiger partial charge < -0.3 is 15.5 Å². The second-order valence-electron chi connectivity index (χ2n) is 4.93. The van der Waals surface area contributed by atoms with Crippen LogP contribution >= 0.6 is 0 Å². The summed E-state index contributed by atoms with van der Waals surface area (Å²) in [7, 11) is 4.22. The van der Waals surface area contributed by atoms with Gasteiger partial charge in [-0.05, 0) is 14.1 Å². The third-order valence-electron chi connectivity index (χ3n) is 3.25. The van der Waals surface area contributed by atoms with Crippen LogP contribution in [0.5, 0.6) is 0 Å². The van der Waals surface area contributed by atoms with Gasteiger partial charge in [0.15, 0.2) is 5.82 Å². The molecule has 1 aliphatic heterocycles. The Morgan fingerprint density at radius 3 is 2.61 bits per heavy atom. The molecule has 0 amide bonds. The van der Waals surface area contributed by atoms with E-state index in [2.05, 4.69) is 38.8 Å². The summed E-state index contributed by atoms with van der Waals surface area (Å²) in [5.41, 5.74) is 6.56. The van der Waals surface area contributed by atoms with E-state index >= 15 is 0 Å². The first-order valence-electron chi connectivity index (χ1n) is 6.34. The smallest absolute Gasteiger partial charge is 0.155 e. The Labute approximate surface area is 108 Å². The van der Waals surface area contributed by atoms with E-state index < -0.39 is 0 Å². The number of piperazine rings is 1. The number of hydrogen-bond acceptors (Lipinski definition) is 6. The Hall–Kier alpha value is -1.40. The molecule has 1 aromatic rings. The van der Waals surface area contributed by atoms with Crippen molar-refractivity contribution in [3.63, 3.8) is 0 Å². The summed E-state index contributed by atoms with van der Waals surface area (Å²) in [5.74, 6) is 0.872. The third-order valence-corrected chi connectivity index (χ3v) is 3.25. The highest BCUT2D eigenvalue weighted by atomic mass is 15.3. The summed E-state index contributed by atoms with van der Waals surface area (Å²) >= 11 is 0. The van der Waals surface area contributed by atoms with Crippen LogP contribution in [0.3, 0.4) is 0 Å². The molecule has 0 bridgehead atoms. The molecule has 0 unspecified atom stereocenters. The van der Waals surface area contributed by atoms with Gasteiger partial charge in [0.05, 0.1) is 11.9 Å². The molecular weight excluding hydrogens is 228 g/mol. The Morgan fingerprint density at radius 1 is 1.28 bits per heavy atom. The number of aromatic nitrogens is 2. The summed E-state index contributed by atoms with van der Waals surface area (Å²) in [6.07, 6.45) is 3.23. The Morgan fingerprint density at radius 2 is 2.00 bits per heavy atom. The predicted molar refractivity (Wildman–Crippen MR) is 73.7 cm³/mol. The number of rotatable bonds is 4. The van der Waals surface area contributed by atoms with Crippen molar-refractivity contribution in [3.05, 3.63) is 12.5 Å². The minimum Gasteiger partial charge on any atom is -0.394 e. The van der Waals surface area contributed by atoms with Gasteiger partial charge in [0.2, 0.25) is 0 Å². The minimum atomic E-state index is 0.666. The minimum absolute atomic E-state index is 0.666. The molecular formula is C12H22N6. The molecule has 0 spiro atoms. The third kappa shape index (κ3) is 3.30. The number of likely N-dealkylation sites (N-methyl/N-ethyl adjacent to an activating group) is 1. The van der Waals surface area contributed by atoms with Crippen molar-refractivity contribution in [1.82, 2.24) is 19.8 Å². The highest BCUT2D eigenvalue weighted by molar-refractivity contribution is 5.61. The summed E-state index contributed by atoms with van der Waals surface area (Å²) in [5, 5.41) is 0. The molecule has 2 N–H and O–H groups in total. The number of hydrogen-bond donors (Lipinski definition) is 1. The van der Waals surface area contributed by atoms with E-state index in [9.17, 15) is 0 Å². The molecule has 100 valence electrons. The standard InChI is InChI=1S/C12H22N6/c1-16(2)3-4-17-5-7-18(8-6-17)12-11(13)9-14-10-15-12/h9-10H,3-8,13H2,1-2H3. The maximum absolute atomic E-state index is 5.90. The zero-order chi connectivity index (χ0) is 13.0. The molecule has 1 aliphatic rings. The highest BCUT2D eigenvalue weighted by Gasteiger charge is 2.19. The zero-order valence-corrected chi connectivity index (χ0v) is 11.2. The maximum Gasteiger partial charge on any atom is 0.155 e. The fourth-order valence-corrected chi connectivity index (χ4v) is 2.12. The zero-order valence-electron chi connectivity index (χ0n) is 11.2. The van der Waals surface area contributed by atoms with Gasteiger partial charge in [-0.1, -0.05) is 0 Å². The van der Waals surface area contributed by atoms with E-state index in [1.54, 1.807) is 12.5 Å². The molecule has 0 saturated carbocycles. The van der Waals surface area contributed by atoms with Crippen LogP contribution in [-0.2, 0) is 0 Å². The van der Waals surface area contributed by atoms with Crippen LogP contribution in [0.25, 0.3) is 0 Å². The monoisotopic (exact) mass is 250 g/mol.